The van der Waals surface area contributed by atoms with Crippen LogP contribution in [0.1, 0.15) is 31.7 Å². The molecule has 7 heteroatoms. The summed E-state index contributed by atoms with van der Waals surface area (Å²) < 4.78 is 26.9. The average Bonchev–Trinajstić information content (AvgIpc) is 2.55. The van der Waals surface area contributed by atoms with Gasteiger partial charge in [0.15, 0.2) is 0 Å². The third-order valence-corrected chi connectivity index (χ3v) is 6.32. The predicted molar refractivity (Wildman–Crippen MR) is 83.8 cm³/mol. The highest BCUT2D eigenvalue weighted by molar-refractivity contribution is 7.89. The number of anilines is 1. The van der Waals surface area contributed by atoms with E-state index in [2.05, 4.69) is 0 Å². The van der Waals surface area contributed by atoms with Gasteiger partial charge in [-0.25, -0.2) is 8.42 Å². The summed E-state index contributed by atoms with van der Waals surface area (Å²) in [7, 11) is -3.70. The molecule has 0 spiro atoms. The lowest BCUT2D eigenvalue weighted by Gasteiger charge is -2.23. The lowest BCUT2D eigenvalue weighted by molar-refractivity contribution is 0.0465. The molecule has 0 radical (unpaired) electrons. The van der Waals surface area contributed by atoms with Gasteiger partial charge in [-0.3, -0.25) is 0 Å². The van der Waals surface area contributed by atoms with Crippen molar-refractivity contribution in [2.45, 2.75) is 43.6 Å². The van der Waals surface area contributed by atoms with Crippen LogP contribution in [0, 0.1) is 6.92 Å². The Hall–Kier alpha value is -0.820. The van der Waals surface area contributed by atoms with E-state index in [0.29, 0.717) is 31.5 Å². The number of benzene rings is 1. The fourth-order valence-electron chi connectivity index (χ4n) is 2.48. The molecule has 1 saturated heterocycles. The van der Waals surface area contributed by atoms with Crippen molar-refractivity contribution < 1.29 is 13.5 Å². The molecule has 1 aliphatic heterocycles. The van der Waals surface area contributed by atoms with Gasteiger partial charge in [0, 0.05) is 18.8 Å². The normalized spacial score (nSPS) is 24.8. The molecule has 21 heavy (non-hydrogen) atoms. The summed E-state index contributed by atoms with van der Waals surface area (Å²) in [6, 6.07) is 2.98. The molecule has 1 unspecified atom stereocenters. The Balaban J connectivity index is 2.36. The quantitative estimate of drug-likeness (QED) is 0.813. The van der Waals surface area contributed by atoms with Crippen LogP contribution < -0.4 is 5.73 Å². The third kappa shape index (κ3) is 3.51. The van der Waals surface area contributed by atoms with Crippen LogP contribution >= 0.6 is 11.6 Å². The maximum absolute atomic E-state index is 12.7. The molecule has 0 saturated carbocycles. The number of hydrogen-bond acceptors (Lipinski definition) is 4. The lowest BCUT2D eigenvalue weighted by Crippen LogP contribution is -2.33. The fourth-order valence-corrected chi connectivity index (χ4v) is 4.56. The van der Waals surface area contributed by atoms with Gasteiger partial charge in [-0.2, -0.15) is 4.31 Å². The first-order valence-corrected chi connectivity index (χ1v) is 8.73. The van der Waals surface area contributed by atoms with Gasteiger partial charge in [0.05, 0.1) is 10.6 Å². The molecule has 0 bridgehead atoms. The largest absolute Gasteiger partial charge is 0.398 e. The van der Waals surface area contributed by atoms with E-state index < -0.39 is 15.6 Å². The van der Waals surface area contributed by atoms with Crippen molar-refractivity contribution in [3.63, 3.8) is 0 Å². The van der Waals surface area contributed by atoms with Crippen LogP contribution in [0.4, 0.5) is 5.69 Å². The zero-order valence-electron chi connectivity index (χ0n) is 12.3. The highest BCUT2D eigenvalue weighted by Crippen LogP contribution is 2.31. The van der Waals surface area contributed by atoms with Gasteiger partial charge in [0.1, 0.15) is 4.90 Å². The van der Waals surface area contributed by atoms with E-state index in [4.69, 9.17) is 17.3 Å². The van der Waals surface area contributed by atoms with Crippen molar-refractivity contribution in [2.24, 2.45) is 0 Å². The van der Waals surface area contributed by atoms with Crippen LogP contribution in [0.2, 0.25) is 5.02 Å². The number of nitrogen functional groups attached to an aromatic ring is 1. The van der Waals surface area contributed by atoms with Crippen LogP contribution in [0.15, 0.2) is 17.0 Å². The zero-order valence-corrected chi connectivity index (χ0v) is 13.8. The molecule has 0 amide bonds. The maximum Gasteiger partial charge on any atom is 0.244 e. The molecule has 5 nitrogen and oxygen atoms in total. The highest BCUT2D eigenvalue weighted by atomic mass is 35.5. The van der Waals surface area contributed by atoms with Crippen LogP contribution in [0.25, 0.3) is 0 Å². The van der Waals surface area contributed by atoms with E-state index in [1.807, 2.05) is 0 Å². The number of nitrogens with zero attached hydrogens (tertiary/aromatic N) is 1. The Morgan fingerprint density at radius 2 is 2.00 bits per heavy atom. The molecule has 1 atom stereocenters. The first-order valence-electron chi connectivity index (χ1n) is 6.92. The molecule has 3 N–H and O–H groups in total. The standard InChI is InChI=1S/C14H21ClN2O3S/c1-10-8-11(15)13(9-12(10)16)21(19,20)17-6-3-4-14(2,18)5-7-17/h8-9,18H,3-7,16H2,1-2H3. The Morgan fingerprint density at radius 1 is 1.33 bits per heavy atom. The molecule has 1 aliphatic rings. The van der Waals surface area contributed by atoms with Gasteiger partial charge in [-0.05, 0) is 50.8 Å². The van der Waals surface area contributed by atoms with E-state index in [1.165, 1.54) is 10.4 Å². The monoisotopic (exact) mass is 332 g/mol. The van der Waals surface area contributed by atoms with Gasteiger partial charge in [0.25, 0.3) is 0 Å². The second-order valence-electron chi connectivity index (χ2n) is 5.89. The van der Waals surface area contributed by atoms with Crippen LogP contribution in [-0.2, 0) is 10.0 Å². The summed E-state index contributed by atoms with van der Waals surface area (Å²) in [5.41, 5.74) is 6.14. The van der Waals surface area contributed by atoms with Crippen molar-refractivity contribution in [3.8, 4) is 0 Å². The summed E-state index contributed by atoms with van der Waals surface area (Å²) in [6.45, 7) is 4.17. The van der Waals surface area contributed by atoms with Crippen LogP contribution in [0.3, 0.4) is 0 Å². The molecule has 0 aromatic heterocycles. The van der Waals surface area contributed by atoms with Crippen molar-refractivity contribution in [1.82, 2.24) is 4.31 Å². The SMILES string of the molecule is Cc1cc(Cl)c(S(=O)(=O)N2CCCC(C)(O)CC2)cc1N. The number of rotatable bonds is 2. The summed E-state index contributed by atoms with van der Waals surface area (Å²) >= 11 is 6.09. The summed E-state index contributed by atoms with van der Waals surface area (Å²) in [5, 5.41) is 10.3. The number of halogens is 1. The first-order chi connectivity index (χ1) is 9.63. The molecule has 1 aromatic rings. The number of aliphatic hydroxyl groups is 1. The minimum Gasteiger partial charge on any atom is -0.398 e. The topological polar surface area (TPSA) is 83.6 Å². The number of sulfonamides is 1. The van der Waals surface area contributed by atoms with Crippen LogP contribution in [-0.4, -0.2) is 36.5 Å². The van der Waals surface area contributed by atoms with Crippen LogP contribution in [0.5, 0.6) is 0 Å². The molecular formula is C14H21ClN2O3S. The van der Waals surface area contributed by atoms with Crippen molar-refractivity contribution in [3.05, 3.63) is 22.7 Å². The molecule has 118 valence electrons. The second kappa shape index (κ2) is 5.76. The second-order valence-corrected chi connectivity index (χ2v) is 8.21. The number of aryl methyl sites for hydroxylation is 1. The zero-order chi connectivity index (χ0) is 15.8. The molecule has 1 fully saturated rings. The Bertz CT molecular complexity index is 644. The van der Waals surface area contributed by atoms with Crippen molar-refractivity contribution in [2.75, 3.05) is 18.8 Å². The van der Waals surface area contributed by atoms with Crippen molar-refractivity contribution in [1.29, 1.82) is 0 Å². The summed E-state index contributed by atoms with van der Waals surface area (Å²) in [5.74, 6) is 0. The van der Waals surface area contributed by atoms with E-state index in [-0.39, 0.29) is 16.5 Å². The number of nitrogens with two attached hydrogens (primary N) is 1. The Morgan fingerprint density at radius 3 is 2.67 bits per heavy atom. The summed E-state index contributed by atoms with van der Waals surface area (Å²) in [4.78, 5) is 0.0359. The van der Waals surface area contributed by atoms with Gasteiger partial charge in [-0.15, -0.1) is 0 Å². The highest BCUT2D eigenvalue weighted by Gasteiger charge is 2.32. The smallest absolute Gasteiger partial charge is 0.244 e. The maximum atomic E-state index is 12.7. The Labute approximate surface area is 130 Å². The lowest BCUT2D eigenvalue weighted by atomic mass is 9.98. The fraction of sp³-hybridized carbons (Fsp3) is 0.571. The third-order valence-electron chi connectivity index (χ3n) is 3.96. The molecule has 1 heterocycles. The minimum atomic E-state index is -3.70. The molecule has 2 rings (SSSR count). The van der Waals surface area contributed by atoms with Gasteiger partial charge >= 0.3 is 0 Å². The Kier molecular flexibility index (Phi) is 4.54. The molecule has 1 aromatic carbocycles. The minimum absolute atomic E-state index is 0.0359. The van der Waals surface area contributed by atoms with E-state index in [9.17, 15) is 13.5 Å². The summed E-state index contributed by atoms with van der Waals surface area (Å²) in [6.07, 6.45) is 1.61. The van der Waals surface area contributed by atoms with Crippen molar-refractivity contribution >= 4 is 27.3 Å². The van der Waals surface area contributed by atoms with Gasteiger partial charge in [-0.1, -0.05) is 11.6 Å². The molecule has 0 aliphatic carbocycles. The van der Waals surface area contributed by atoms with E-state index in [0.717, 1.165) is 5.56 Å². The van der Waals surface area contributed by atoms with Gasteiger partial charge in [0.2, 0.25) is 10.0 Å². The molecular weight excluding hydrogens is 312 g/mol. The van der Waals surface area contributed by atoms with E-state index in [1.54, 1.807) is 19.9 Å². The van der Waals surface area contributed by atoms with Gasteiger partial charge < -0.3 is 10.8 Å². The number of hydrogen-bond donors (Lipinski definition) is 2. The average molecular weight is 333 g/mol. The first kappa shape index (κ1) is 16.5. The predicted octanol–water partition coefficient (Wildman–Crippen LogP) is 2.16. The van der Waals surface area contributed by atoms with E-state index >= 15 is 0 Å².